The molecule has 3 aliphatic heterocycles. The van der Waals surface area contributed by atoms with Crippen molar-refractivity contribution in [2.75, 3.05) is 31.1 Å². The Labute approximate surface area is 341 Å². The highest BCUT2D eigenvalue weighted by Gasteiger charge is 2.35. The Morgan fingerprint density at radius 3 is 2.09 bits per heavy atom. The quantitative estimate of drug-likeness (QED) is 0.188. The molecule has 4 aromatic carbocycles. The lowest BCUT2D eigenvalue weighted by atomic mass is 9.92. The Morgan fingerprint density at radius 1 is 0.754 bits per heavy atom. The highest BCUT2D eigenvalue weighted by atomic mass is 32.1. The first-order chi connectivity index (χ1) is 27.8. The van der Waals surface area contributed by atoms with Crippen molar-refractivity contribution in [1.82, 2.24) is 19.7 Å². The first-order valence-electron chi connectivity index (χ1n) is 20.5. The van der Waals surface area contributed by atoms with Crippen LogP contribution in [-0.2, 0) is 12.8 Å². The Kier molecular flexibility index (Phi) is 11.8. The molecule has 57 heavy (non-hydrogen) atoms. The van der Waals surface area contributed by atoms with Gasteiger partial charge in [-0.1, -0.05) is 72.8 Å². The largest absolute Gasteiger partial charge is 0.508 e. The van der Waals surface area contributed by atoms with Crippen LogP contribution in [0.3, 0.4) is 0 Å². The van der Waals surface area contributed by atoms with E-state index in [1.165, 1.54) is 69.9 Å². The van der Waals surface area contributed by atoms with Crippen molar-refractivity contribution in [3.05, 3.63) is 154 Å². The lowest BCUT2D eigenvalue weighted by molar-refractivity contribution is -0.0153. The number of aromatic hydroxyl groups is 1. The molecular weight excluding hydrogens is 725 g/mol. The molecule has 2 aromatic heterocycles. The molecule has 9 heteroatoms. The highest BCUT2D eigenvalue weighted by Crippen LogP contribution is 2.39. The number of benzene rings is 4. The fourth-order valence-corrected chi connectivity index (χ4v) is 9.65. The first-order valence-corrected chi connectivity index (χ1v) is 21.4. The van der Waals surface area contributed by atoms with Crippen LogP contribution in [0.5, 0.6) is 11.5 Å². The second kappa shape index (κ2) is 17.5. The number of anilines is 1. The summed E-state index contributed by atoms with van der Waals surface area (Å²) < 4.78 is 8.32. The summed E-state index contributed by atoms with van der Waals surface area (Å²) in [6.07, 6.45) is 7.62. The van der Waals surface area contributed by atoms with Crippen LogP contribution >= 0.6 is 11.3 Å². The maximum atomic E-state index is 9.19. The van der Waals surface area contributed by atoms with Crippen molar-refractivity contribution in [3.8, 4) is 16.5 Å². The molecule has 5 heterocycles. The van der Waals surface area contributed by atoms with Crippen LogP contribution in [-0.4, -0.2) is 68.8 Å². The van der Waals surface area contributed by atoms with Crippen molar-refractivity contribution < 1.29 is 9.84 Å². The van der Waals surface area contributed by atoms with Crippen molar-refractivity contribution >= 4 is 22.7 Å². The number of thiophene rings is 1. The zero-order valence-corrected chi connectivity index (χ0v) is 34.5. The van der Waals surface area contributed by atoms with Gasteiger partial charge in [-0.3, -0.25) is 14.5 Å². The van der Waals surface area contributed by atoms with Gasteiger partial charge in [-0.15, -0.1) is 21.5 Å². The van der Waals surface area contributed by atoms with Gasteiger partial charge in [-0.2, -0.15) is 0 Å². The molecule has 1 atom stereocenters. The van der Waals surface area contributed by atoms with E-state index in [2.05, 4.69) is 69.6 Å². The predicted molar refractivity (Wildman–Crippen MR) is 233 cm³/mol. The molecule has 2 fully saturated rings. The summed E-state index contributed by atoms with van der Waals surface area (Å²) >= 11 is 1.81. The molecule has 1 N–H and O–H groups in total. The van der Waals surface area contributed by atoms with E-state index in [-0.39, 0.29) is 6.04 Å². The lowest BCUT2D eigenvalue weighted by Crippen LogP contribution is -2.59. The smallest absolute Gasteiger partial charge is 0.162 e. The Balaban J connectivity index is 0.000000219. The predicted octanol–water partition coefficient (Wildman–Crippen LogP) is 9.86. The molecule has 0 saturated carbocycles. The third kappa shape index (κ3) is 8.70. The second-order valence-electron chi connectivity index (χ2n) is 15.6. The second-order valence-corrected chi connectivity index (χ2v) is 16.8. The van der Waals surface area contributed by atoms with Gasteiger partial charge < -0.3 is 14.7 Å². The topological polar surface area (TPSA) is 79.0 Å². The van der Waals surface area contributed by atoms with Gasteiger partial charge in [0.25, 0.3) is 0 Å². The number of hydrogen-bond acceptors (Lipinski definition) is 8. The number of ether oxygens (including phenoxy) is 1. The van der Waals surface area contributed by atoms with Crippen molar-refractivity contribution in [1.29, 1.82) is 0 Å². The molecule has 1 aliphatic carbocycles. The van der Waals surface area contributed by atoms with Gasteiger partial charge in [0.2, 0.25) is 0 Å². The van der Waals surface area contributed by atoms with Gasteiger partial charge in [0.1, 0.15) is 34.5 Å². The van der Waals surface area contributed by atoms with Crippen LogP contribution in [0.1, 0.15) is 83.0 Å². The summed E-state index contributed by atoms with van der Waals surface area (Å²) in [5.41, 5.74) is 8.79. The summed E-state index contributed by atoms with van der Waals surface area (Å²) in [7, 11) is 0. The SMILES string of the molecule is Cc1sc2c(c1C)C(c1ccc(N3CCC(N4CC(Oc5ccccc5)C4)CC3)cc1)=N[C@@H](C)c1nnc(C)n1-2.Oc1ccc2c(c1)CCCC2.c1ccccc1. The van der Waals surface area contributed by atoms with E-state index in [1.54, 1.807) is 6.07 Å². The summed E-state index contributed by atoms with van der Waals surface area (Å²) in [6.45, 7) is 12.8. The summed E-state index contributed by atoms with van der Waals surface area (Å²) in [4.78, 5) is 11.7. The number of para-hydroxylation sites is 1. The molecule has 2 saturated heterocycles. The standard InChI is InChI=1S/C32H36N6OS.C10H12O.C6H6/c1-20-22(3)40-32-29(20)30(33-21(2)31-35-34-23(4)38(31)32)24-10-12-25(13-11-24)36-16-14-26(15-17-36)37-18-28(19-37)39-27-8-6-5-7-9-27;11-10-6-5-8-3-1-2-4-9(8)7-10;1-2-4-6-5-3-1/h5-13,21,26,28H,14-19H2,1-4H3;5-7,11H,1-4H2;1-6H/t21-;;/m0../s1. The number of phenolic OH excluding ortho intramolecular Hbond substituents is 1. The molecule has 8 nitrogen and oxygen atoms in total. The maximum Gasteiger partial charge on any atom is 0.162 e. The molecule has 4 aliphatic rings. The highest BCUT2D eigenvalue weighted by molar-refractivity contribution is 7.15. The molecule has 0 amide bonds. The van der Waals surface area contributed by atoms with Gasteiger partial charge in [-0.05, 0) is 119 Å². The molecular formula is C48H54N6O2S. The number of fused-ring (bicyclic) bond motifs is 4. The van der Waals surface area contributed by atoms with Crippen molar-refractivity contribution in [2.45, 2.75) is 84.4 Å². The average molecular weight is 779 g/mol. The lowest BCUT2D eigenvalue weighted by Gasteiger charge is -2.47. The van der Waals surface area contributed by atoms with Crippen LogP contribution in [0.4, 0.5) is 5.69 Å². The first kappa shape index (κ1) is 38.6. The Hall–Kier alpha value is -5.25. The van der Waals surface area contributed by atoms with Crippen LogP contribution < -0.4 is 9.64 Å². The van der Waals surface area contributed by atoms with Gasteiger partial charge >= 0.3 is 0 Å². The molecule has 10 rings (SSSR count). The fraction of sp³-hybridized carbons (Fsp3) is 0.354. The molecule has 0 spiro atoms. The number of piperidine rings is 1. The van der Waals surface area contributed by atoms with Crippen LogP contribution in [0.2, 0.25) is 0 Å². The number of likely N-dealkylation sites (tertiary alicyclic amines) is 1. The Bertz CT molecular complexity index is 2240. The maximum absolute atomic E-state index is 9.19. The van der Waals surface area contributed by atoms with E-state index >= 15 is 0 Å². The zero-order valence-electron chi connectivity index (χ0n) is 33.6. The molecule has 0 radical (unpaired) electrons. The van der Waals surface area contributed by atoms with Crippen molar-refractivity contribution in [3.63, 3.8) is 0 Å². The average Bonchev–Trinajstić information content (AvgIpc) is 3.73. The molecule has 0 unspecified atom stereocenters. The monoisotopic (exact) mass is 778 g/mol. The number of hydrogen-bond donors (Lipinski definition) is 1. The van der Waals surface area contributed by atoms with Crippen LogP contribution in [0.15, 0.2) is 114 Å². The van der Waals surface area contributed by atoms with E-state index in [0.29, 0.717) is 17.9 Å². The van der Waals surface area contributed by atoms with Crippen LogP contribution in [0, 0.1) is 20.8 Å². The number of aryl methyl sites for hydroxylation is 4. The normalized spacial score (nSPS) is 17.9. The minimum atomic E-state index is -0.0617. The van der Waals surface area contributed by atoms with E-state index in [9.17, 15) is 5.11 Å². The van der Waals surface area contributed by atoms with E-state index < -0.39 is 0 Å². The number of aromatic nitrogens is 3. The minimum Gasteiger partial charge on any atom is -0.508 e. The summed E-state index contributed by atoms with van der Waals surface area (Å²) in [5, 5.41) is 19.2. The van der Waals surface area contributed by atoms with E-state index in [1.807, 2.05) is 97.1 Å². The van der Waals surface area contributed by atoms with E-state index in [4.69, 9.17) is 9.73 Å². The fourth-order valence-electron chi connectivity index (χ4n) is 8.44. The molecule has 0 bridgehead atoms. The van der Waals surface area contributed by atoms with Gasteiger partial charge in [0.15, 0.2) is 5.82 Å². The van der Waals surface area contributed by atoms with Gasteiger partial charge in [-0.25, -0.2) is 0 Å². The van der Waals surface area contributed by atoms with Gasteiger partial charge in [0, 0.05) is 53.9 Å². The molecule has 6 aromatic rings. The number of rotatable bonds is 5. The number of phenols is 1. The Morgan fingerprint density at radius 2 is 1.40 bits per heavy atom. The summed E-state index contributed by atoms with van der Waals surface area (Å²) in [6, 6.07) is 37.6. The third-order valence-corrected chi connectivity index (χ3v) is 13.0. The van der Waals surface area contributed by atoms with E-state index in [0.717, 1.165) is 61.3 Å². The third-order valence-electron chi connectivity index (χ3n) is 11.8. The van der Waals surface area contributed by atoms with Crippen LogP contribution in [0.25, 0.3) is 5.00 Å². The zero-order chi connectivity index (χ0) is 39.3. The van der Waals surface area contributed by atoms with Crippen molar-refractivity contribution in [2.24, 2.45) is 4.99 Å². The summed E-state index contributed by atoms with van der Waals surface area (Å²) in [5.74, 6) is 3.21. The van der Waals surface area contributed by atoms with Gasteiger partial charge in [0.05, 0.1) is 5.71 Å². The number of aliphatic imine (C=N–C) groups is 1. The minimum absolute atomic E-state index is 0.0617. The number of nitrogens with zero attached hydrogens (tertiary/aromatic N) is 6. The molecule has 294 valence electrons.